The van der Waals surface area contributed by atoms with Crippen molar-refractivity contribution in [2.24, 2.45) is 0 Å². The number of hydrogen-bond acceptors (Lipinski definition) is 11. The minimum Gasteiger partial charge on any atom is -0.444 e. The van der Waals surface area contributed by atoms with Crippen molar-refractivity contribution in [3.05, 3.63) is 34.5 Å². The Morgan fingerprint density at radius 2 is 1.71 bits per heavy atom. The Morgan fingerprint density at radius 1 is 1.05 bits per heavy atom. The number of nitrogens with one attached hydrogen (secondary N) is 2. The highest BCUT2D eigenvalue weighted by Gasteiger charge is 2.29. The maximum atomic E-state index is 15.2. The number of amides is 3. The normalized spacial score (nSPS) is 14.1. The summed E-state index contributed by atoms with van der Waals surface area (Å²) in [6.07, 6.45) is 0.249. The third-order valence-corrected chi connectivity index (χ3v) is 6.59. The van der Waals surface area contributed by atoms with Crippen molar-refractivity contribution in [2.45, 2.75) is 52.7 Å². The van der Waals surface area contributed by atoms with E-state index in [9.17, 15) is 19.2 Å². The summed E-state index contributed by atoms with van der Waals surface area (Å²) in [4.78, 5) is 61.1. The lowest BCUT2D eigenvalue weighted by molar-refractivity contribution is -0.115. The Labute approximate surface area is 244 Å². The molecule has 2 N–H and O–H groups in total. The Hall–Kier alpha value is -4.34. The first-order chi connectivity index (χ1) is 19.6. The first-order valence-electron chi connectivity index (χ1n) is 13.1. The van der Waals surface area contributed by atoms with E-state index in [0.29, 0.717) is 10.6 Å². The van der Waals surface area contributed by atoms with Gasteiger partial charge in [-0.2, -0.15) is 19.0 Å². The van der Waals surface area contributed by atoms with Gasteiger partial charge in [0.2, 0.25) is 16.7 Å². The van der Waals surface area contributed by atoms with Crippen LogP contribution in [0.2, 0.25) is 0 Å². The highest BCUT2D eigenvalue weighted by Crippen LogP contribution is 2.27. The summed E-state index contributed by atoms with van der Waals surface area (Å²) in [5.41, 5.74) is -1.79. The molecule has 0 atom stereocenters. The third-order valence-electron chi connectivity index (χ3n) is 5.64. The SMILES string of the molecule is CC(C)(C)OC(=O)NCC(=O)Nc1cc(-c2nn3c(=O)c(F)c(N4CCN(C(=O)OC(C)(C)C)CC4)nc3s2)ccn1. The van der Waals surface area contributed by atoms with Gasteiger partial charge in [-0.05, 0) is 53.7 Å². The van der Waals surface area contributed by atoms with Gasteiger partial charge in [0.15, 0.2) is 5.82 Å². The van der Waals surface area contributed by atoms with Gasteiger partial charge in [0.25, 0.3) is 0 Å². The summed E-state index contributed by atoms with van der Waals surface area (Å²) in [7, 11) is 0. The number of alkyl carbamates (subject to hydrolysis) is 1. The molecule has 0 unspecified atom stereocenters. The maximum Gasteiger partial charge on any atom is 0.410 e. The van der Waals surface area contributed by atoms with Crippen molar-refractivity contribution in [1.29, 1.82) is 0 Å². The van der Waals surface area contributed by atoms with E-state index in [1.54, 1.807) is 52.5 Å². The molecule has 0 saturated carbocycles. The lowest BCUT2D eigenvalue weighted by Crippen LogP contribution is -2.50. The van der Waals surface area contributed by atoms with Crippen LogP contribution in [0, 0.1) is 5.82 Å². The number of pyridine rings is 1. The van der Waals surface area contributed by atoms with Gasteiger partial charge in [-0.3, -0.25) is 9.59 Å². The van der Waals surface area contributed by atoms with E-state index >= 15 is 4.39 Å². The molecule has 4 heterocycles. The molecule has 1 saturated heterocycles. The monoisotopic (exact) mass is 604 g/mol. The number of ether oxygens (including phenoxy) is 2. The average molecular weight is 605 g/mol. The number of halogens is 1. The highest BCUT2D eigenvalue weighted by molar-refractivity contribution is 7.19. The predicted molar refractivity (Wildman–Crippen MR) is 153 cm³/mol. The summed E-state index contributed by atoms with van der Waals surface area (Å²) in [6.45, 7) is 11.2. The van der Waals surface area contributed by atoms with Crippen LogP contribution < -0.4 is 21.1 Å². The largest absolute Gasteiger partial charge is 0.444 e. The zero-order valence-corrected chi connectivity index (χ0v) is 25.0. The van der Waals surface area contributed by atoms with Crippen LogP contribution in [0.25, 0.3) is 15.5 Å². The minimum absolute atomic E-state index is 0.112. The van der Waals surface area contributed by atoms with Crippen molar-refractivity contribution in [1.82, 2.24) is 29.8 Å². The fourth-order valence-corrected chi connectivity index (χ4v) is 4.74. The molecular formula is C26H33FN8O6S. The molecule has 1 aliphatic rings. The van der Waals surface area contributed by atoms with Gasteiger partial charge in [-0.1, -0.05) is 11.3 Å². The predicted octanol–water partition coefficient (Wildman–Crippen LogP) is 2.87. The van der Waals surface area contributed by atoms with Crippen LogP contribution in [0.4, 0.5) is 25.6 Å². The number of rotatable bonds is 5. The summed E-state index contributed by atoms with van der Waals surface area (Å²) >= 11 is 1.06. The maximum absolute atomic E-state index is 15.2. The number of nitrogens with zero attached hydrogens (tertiary/aromatic N) is 6. The molecule has 0 aromatic carbocycles. The molecule has 3 aromatic rings. The highest BCUT2D eigenvalue weighted by atomic mass is 32.1. The lowest BCUT2D eigenvalue weighted by atomic mass is 10.2. The molecule has 1 fully saturated rings. The van der Waals surface area contributed by atoms with Crippen molar-refractivity contribution in [2.75, 3.05) is 42.9 Å². The molecule has 16 heteroatoms. The number of carbonyl (C=O) groups is 3. The molecule has 0 bridgehead atoms. The number of piperazine rings is 1. The topological polar surface area (TPSA) is 160 Å². The number of carbonyl (C=O) groups excluding carboxylic acids is 3. The molecule has 42 heavy (non-hydrogen) atoms. The Morgan fingerprint density at radius 3 is 2.36 bits per heavy atom. The van der Waals surface area contributed by atoms with E-state index in [1.807, 2.05) is 0 Å². The van der Waals surface area contributed by atoms with Gasteiger partial charge in [0.1, 0.15) is 28.6 Å². The fraction of sp³-hybridized carbons (Fsp3) is 0.500. The van der Waals surface area contributed by atoms with Crippen LogP contribution in [-0.4, -0.2) is 86.5 Å². The van der Waals surface area contributed by atoms with Gasteiger partial charge < -0.3 is 29.9 Å². The molecule has 0 radical (unpaired) electrons. The zero-order chi connectivity index (χ0) is 30.8. The van der Waals surface area contributed by atoms with Gasteiger partial charge in [0.05, 0.1) is 0 Å². The number of fused-ring (bicyclic) bond motifs is 1. The van der Waals surface area contributed by atoms with E-state index in [-0.39, 0.29) is 49.3 Å². The van der Waals surface area contributed by atoms with Crippen LogP contribution in [0.3, 0.4) is 0 Å². The van der Waals surface area contributed by atoms with E-state index in [4.69, 9.17) is 9.47 Å². The first-order valence-corrected chi connectivity index (χ1v) is 14.0. The second kappa shape index (κ2) is 11.9. The molecule has 0 aliphatic carbocycles. The third kappa shape index (κ3) is 7.69. The van der Waals surface area contributed by atoms with Crippen molar-refractivity contribution >= 4 is 46.0 Å². The van der Waals surface area contributed by atoms with E-state index in [2.05, 4.69) is 25.7 Å². The Kier molecular flexibility index (Phi) is 8.65. The van der Waals surface area contributed by atoms with Gasteiger partial charge in [0, 0.05) is 37.9 Å². The number of hydrogen-bond donors (Lipinski definition) is 2. The molecule has 226 valence electrons. The number of aromatic nitrogens is 4. The van der Waals surface area contributed by atoms with Gasteiger partial charge in [-0.15, -0.1) is 0 Å². The summed E-state index contributed by atoms with van der Waals surface area (Å²) in [6, 6.07) is 3.14. The standard InChI is InChI=1S/C26H33FN8O6S/c1-25(2,3)40-23(38)29-14-17(36)30-16-13-15(7-8-28-16)20-32-35-21(37)18(27)19(31-22(35)42-20)33-9-11-34(12-10-33)24(39)41-26(4,5)6/h7-8,13H,9-12,14H2,1-6H3,(H,29,38)(H,28,30,36). The molecule has 0 spiro atoms. The first kappa shape index (κ1) is 30.6. The van der Waals surface area contributed by atoms with Gasteiger partial charge in [-0.25, -0.2) is 14.6 Å². The van der Waals surface area contributed by atoms with Crippen LogP contribution >= 0.6 is 11.3 Å². The van der Waals surface area contributed by atoms with E-state index < -0.39 is 40.7 Å². The minimum atomic E-state index is -1.05. The van der Waals surface area contributed by atoms with E-state index in [1.165, 1.54) is 17.2 Å². The average Bonchev–Trinajstić information content (AvgIpc) is 3.32. The molecule has 4 rings (SSSR count). The van der Waals surface area contributed by atoms with Crippen LogP contribution in [0.5, 0.6) is 0 Å². The van der Waals surface area contributed by atoms with Crippen molar-refractivity contribution in [3.8, 4) is 10.6 Å². The Bertz CT molecular complexity index is 1550. The second-order valence-electron chi connectivity index (χ2n) is 11.4. The fourth-order valence-electron chi connectivity index (χ4n) is 3.85. The van der Waals surface area contributed by atoms with Crippen molar-refractivity contribution in [3.63, 3.8) is 0 Å². The van der Waals surface area contributed by atoms with E-state index in [0.717, 1.165) is 15.9 Å². The molecular weight excluding hydrogens is 571 g/mol. The van der Waals surface area contributed by atoms with Crippen molar-refractivity contribution < 1.29 is 28.2 Å². The summed E-state index contributed by atoms with van der Waals surface area (Å²) in [5, 5.41) is 9.50. The molecule has 1 aliphatic heterocycles. The van der Waals surface area contributed by atoms with Crippen LogP contribution in [-0.2, 0) is 14.3 Å². The quantitative estimate of drug-likeness (QED) is 0.443. The smallest absolute Gasteiger partial charge is 0.410 e. The van der Waals surface area contributed by atoms with Crippen LogP contribution in [0.1, 0.15) is 41.5 Å². The molecule has 14 nitrogen and oxygen atoms in total. The van der Waals surface area contributed by atoms with Gasteiger partial charge >= 0.3 is 17.7 Å². The molecule has 3 amide bonds. The number of anilines is 2. The lowest BCUT2D eigenvalue weighted by Gasteiger charge is -2.36. The second-order valence-corrected chi connectivity index (χ2v) is 12.4. The summed E-state index contributed by atoms with van der Waals surface area (Å²) < 4.78 is 26.5. The summed E-state index contributed by atoms with van der Waals surface area (Å²) in [5.74, 6) is -1.52. The zero-order valence-electron chi connectivity index (χ0n) is 24.2. The molecule has 3 aromatic heterocycles. The Balaban J connectivity index is 1.46. The van der Waals surface area contributed by atoms with Crippen LogP contribution in [0.15, 0.2) is 23.1 Å².